The standard InChI is InChI=1S/C19H20Cl2N2O3S/c1-13-17(21)5-2-6-18(13)22-19(24)14-4-3-11-23(12-14)27(25,26)16-9-7-15(20)8-10-16/h2,5-10,14H,3-4,11-12H2,1H3,(H,22,24)/t14-/m0/s1. The molecule has 0 bridgehead atoms. The van der Waals surface area contributed by atoms with Crippen LogP contribution in [0.2, 0.25) is 10.0 Å². The van der Waals surface area contributed by atoms with Crippen LogP contribution < -0.4 is 5.32 Å². The first-order valence-corrected chi connectivity index (χ1v) is 10.8. The van der Waals surface area contributed by atoms with Crippen molar-refractivity contribution < 1.29 is 13.2 Å². The van der Waals surface area contributed by atoms with Gasteiger partial charge in [-0.05, 0) is 61.7 Å². The van der Waals surface area contributed by atoms with E-state index in [-0.39, 0.29) is 17.3 Å². The highest BCUT2D eigenvalue weighted by Crippen LogP contribution is 2.27. The first-order valence-electron chi connectivity index (χ1n) is 8.61. The zero-order valence-electron chi connectivity index (χ0n) is 14.8. The van der Waals surface area contributed by atoms with Gasteiger partial charge in [-0.2, -0.15) is 4.31 Å². The summed E-state index contributed by atoms with van der Waals surface area (Å²) in [4.78, 5) is 12.9. The van der Waals surface area contributed by atoms with Crippen molar-refractivity contribution in [2.24, 2.45) is 5.92 Å². The molecule has 27 heavy (non-hydrogen) atoms. The van der Waals surface area contributed by atoms with E-state index in [1.165, 1.54) is 16.4 Å². The molecule has 5 nitrogen and oxygen atoms in total. The number of carbonyl (C=O) groups excluding carboxylic acids is 1. The average Bonchev–Trinajstić information content (AvgIpc) is 2.66. The van der Waals surface area contributed by atoms with Gasteiger partial charge >= 0.3 is 0 Å². The fourth-order valence-corrected chi connectivity index (χ4v) is 4.93. The van der Waals surface area contributed by atoms with E-state index in [4.69, 9.17) is 23.2 Å². The molecule has 8 heteroatoms. The number of piperidine rings is 1. The number of halogens is 2. The molecule has 1 aliphatic rings. The van der Waals surface area contributed by atoms with Crippen LogP contribution in [0.5, 0.6) is 0 Å². The molecule has 1 heterocycles. The molecule has 0 saturated carbocycles. The lowest BCUT2D eigenvalue weighted by Crippen LogP contribution is -2.43. The average molecular weight is 427 g/mol. The third-order valence-corrected chi connectivity index (χ3v) is 7.27. The monoisotopic (exact) mass is 426 g/mol. The van der Waals surface area contributed by atoms with Gasteiger partial charge in [-0.3, -0.25) is 4.79 Å². The fraction of sp³-hybridized carbons (Fsp3) is 0.316. The zero-order chi connectivity index (χ0) is 19.6. The first-order chi connectivity index (χ1) is 12.8. The predicted octanol–water partition coefficient (Wildman–Crippen LogP) is 4.34. The molecule has 1 saturated heterocycles. The van der Waals surface area contributed by atoms with E-state index in [0.717, 1.165) is 5.56 Å². The van der Waals surface area contributed by atoms with Crippen molar-refractivity contribution in [3.8, 4) is 0 Å². The van der Waals surface area contributed by atoms with E-state index >= 15 is 0 Å². The van der Waals surface area contributed by atoms with Gasteiger partial charge in [-0.15, -0.1) is 0 Å². The minimum absolute atomic E-state index is 0.149. The van der Waals surface area contributed by atoms with Crippen molar-refractivity contribution in [1.82, 2.24) is 4.31 Å². The number of nitrogens with zero attached hydrogens (tertiary/aromatic N) is 1. The summed E-state index contributed by atoms with van der Waals surface area (Å²) in [6.07, 6.45) is 1.26. The lowest BCUT2D eigenvalue weighted by Gasteiger charge is -2.31. The van der Waals surface area contributed by atoms with Gasteiger partial charge in [0.1, 0.15) is 0 Å². The van der Waals surface area contributed by atoms with E-state index in [9.17, 15) is 13.2 Å². The van der Waals surface area contributed by atoms with Gasteiger partial charge in [0.05, 0.1) is 10.8 Å². The zero-order valence-corrected chi connectivity index (χ0v) is 17.1. The predicted molar refractivity (Wildman–Crippen MR) is 108 cm³/mol. The van der Waals surface area contributed by atoms with Gasteiger partial charge in [0.25, 0.3) is 0 Å². The summed E-state index contributed by atoms with van der Waals surface area (Å²) in [5.41, 5.74) is 1.43. The molecule has 1 N–H and O–H groups in total. The molecule has 1 atom stereocenters. The van der Waals surface area contributed by atoms with Crippen molar-refractivity contribution in [1.29, 1.82) is 0 Å². The SMILES string of the molecule is Cc1c(Cl)cccc1NC(=O)[C@H]1CCCN(S(=O)(=O)c2ccc(Cl)cc2)C1. The van der Waals surface area contributed by atoms with Gasteiger partial charge in [0, 0.05) is 28.8 Å². The van der Waals surface area contributed by atoms with Crippen LogP contribution in [0.1, 0.15) is 18.4 Å². The van der Waals surface area contributed by atoms with Gasteiger partial charge < -0.3 is 5.32 Å². The van der Waals surface area contributed by atoms with Crippen LogP contribution in [0.4, 0.5) is 5.69 Å². The largest absolute Gasteiger partial charge is 0.326 e. The Bertz CT molecular complexity index is 946. The van der Waals surface area contributed by atoms with Crippen molar-refractivity contribution in [2.75, 3.05) is 18.4 Å². The topological polar surface area (TPSA) is 66.5 Å². The van der Waals surface area contributed by atoms with Crippen LogP contribution in [-0.4, -0.2) is 31.7 Å². The molecule has 0 unspecified atom stereocenters. The van der Waals surface area contributed by atoms with Crippen LogP contribution >= 0.6 is 23.2 Å². The number of sulfonamides is 1. The maximum Gasteiger partial charge on any atom is 0.243 e. The molecule has 0 aliphatic carbocycles. The Balaban J connectivity index is 1.74. The van der Waals surface area contributed by atoms with Crippen molar-refractivity contribution in [3.05, 3.63) is 58.1 Å². The number of hydrogen-bond acceptors (Lipinski definition) is 3. The second-order valence-corrected chi connectivity index (χ2v) is 9.34. The highest BCUT2D eigenvalue weighted by Gasteiger charge is 2.33. The van der Waals surface area contributed by atoms with Crippen LogP contribution in [0, 0.1) is 12.8 Å². The molecular formula is C19H20Cl2N2O3S. The van der Waals surface area contributed by atoms with Crippen LogP contribution in [0.25, 0.3) is 0 Å². The number of anilines is 1. The summed E-state index contributed by atoms with van der Waals surface area (Å²) in [5.74, 6) is -0.615. The number of benzene rings is 2. The van der Waals surface area contributed by atoms with Gasteiger partial charge in [0.15, 0.2) is 0 Å². The molecule has 0 radical (unpaired) electrons. The highest BCUT2D eigenvalue weighted by atomic mass is 35.5. The van der Waals surface area contributed by atoms with Crippen LogP contribution in [0.15, 0.2) is 47.4 Å². The number of rotatable bonds is 4. The lowest BCUT2D eigenvalue weighted by molar-refractivity contribution is -0.120. The second-order valence-electron chi connectivity index (χ2n) is 6.56. The molecule has 1 amide bonds. The van der Waals surface area contributed by atoms with E-state index in [1.54, 1.807) is 30.3 Å². The molecule has 0 spiro atoms. The Morgan fingerprint density at radius 1 is 1.15 bits per heavy atom. The normalized spacial score (nSPS) is 18.3. The summed E-state index contributed by atoms with van der Waals surface area (Å²) < 4.78 is 27.1. The van der Waals surface area contributed by atoms with E-state index < -0.39 is 15.9 Å². The maximum absolute atomic E-state index is 12.9. The van der Waals surface area contributed by atoms with E-state index in [1.807, 2.05) is 6.92 Å². The van der Waals surface area contributed by atoms with Gasteiger partial charge in [-0.1, -0.05) is 29.3 Å². The summed E-state index contributed by atoms with van der Waals surface area (Å²) in [7, 11) is -3.66. The third kappa shape index (κ3) is 4.46. The Kier molecular flexibility index (Phi) is 6.11. The second kappa shape index (κ2) is 8.19. The van der Waals surface area contributed by atoms with E-state index in [0.29, 0.717) is 35.1 Å². The number of hydrogen-bond donors (Lipinski definition) is 1. The molecule has 144 valence electrons. The number of nitrogens with one attached hydrogen (secondary N) is 1. The molecule has 1 fully saturated rings. The minimum Gasteiger partial charge on any atom is -0.326 e. The molecular weight excluding hydrogens is 407 g/mol. The first kappa shape index (κ1) is 20.1. The summed E-state index contributed by atoms with van der Waals surface area (Å²) >= 11 is 11.9. The number of amides is 1. The number of carbonyl (C=O) groups is 1. The Morgan fingerprint density at radius 2 is 1.85 bits per heavy atom. The minimum atomic E-state index is -3.66. The van der Waals surface area contributed by atoms with Gasteiger partial charge in [-0.25, -0.2) is 8.42 Å². The van der Waals surface area contributed by atoms with Crippen molar-refractivity contribution in [3.63, 3.8) is 0 Å². The Labute approximate surface area is 169 Å². The van der Waals surface area contributed by atoms with Crippen molar-refractivity contribution in [2.45, 2.75) is 24.7 Å². The molecule has 2 aromatic rings. The van der Waals surface area contributed by atoms with Crippen molar-refractivity contribution >= 4 is 44.8 Å². The quantitative estimate of drug-likeness (QED) is 0.790. The highest BCUT2D eigenvalue weighted by molar-refractivity contribution is 7.89. The maximum atomic E-state index is 12.9. The molecule has 3 rings (SSSR count). The molecule has 0 aromatic heterocycles. The summed E-state index contributed by atoms with van der Waals surface area (Å²) in [5, 5.41) is 3.92. The fourth-order valence-electron chi connectivity index (χ4n) is 3.11. The molecule has 2 aromatic carbocycles. The van der Waals surface area contributed by atoms with E-state index in [2.05, 4.69) is 5.32 Å². The summed E-state index contributed by atoms with van der Waals surface area (Å²) in [6, 6.07) is 11.4. The smallest absolute Gasteiger partial charge is 0.243 e. The van der Waals surface area contributed by atoms with Crippen LogP contribution in [-0.2, 0) is 14.8 Å². The lowest BCUT2D eigenvalue weighted by atomic mass is 9.98. The van der Waals surface area contributed by atoms with Crippen LogP contribution in [0.3, 0.4) is 0 Å². The third-order valence-electron chi connectivity index (χ3n) is 4.73. The van der Waals surface area contributed by atoms with Gasteiger partial charge in [0.2, 0.25) is 15.9 Å². The Morgan fingerprint density at radius 3 is 2.56 bits per heavy atom. The molecule has 1 aliphatic heterocycles. The Hall–Kier alpha value is -1.60. The summed E-state index contributed by atoms with van der Waals surface area (Å²) in [6.45, 7) is 2.37.